The Bertz CT molecular complexity index is 1060. The van der Waals surface area contributed by atoms with E-state index >= 15 is 0 Å². The molecule has 1 amide bonds. The van der Waals surface area contributed by atoms with Crippen molar-refractivity contribution in [2.75, 3.05) is 23.3 Å². The molecule has 2 atom stereocenters. The summed E-state index contributed by atoms with van der Waals surface area (Å²) in [6.07, 6.45) is 9.19. The van der Waals surface area contributed by atoms with Crippen molar-refractivity contribution in [3.8, 4) is 0 Å². The third-order valence-electron chi connectivity index (χ3n) is 6.59. The number of hydrogen-bond donors (Lipinski definition) is 1. The van der Waals surface area contributed by atoms with Crippen LogP contribution in [0.25, 0.3) is 0 Å². The van der Waals surface area contributed by atoms with Crippen molar-refractivity contribution < 1.29 is 9.18 Å². The summed E-state index contributed by atoms with van der Waals surface area (Å²) >= 11 is 0. The van der Waals surface area contributed by atoms with Crippen LogP contribution in [-0.4, -0.2) is 25.2 Å². The molecule has 0 radical (unpaired) electrons. The van der Waals surface area contributed by atoms with Crippen LogP contribution in [0.5, 0.6) is 0 Å². The Labute approximate surface area is 176 Å². The van der Waals surface area contributed by atoms with E-state index < -0.39 is 5.92 Å². The maximum Gasteiger partial charge on any atom is 0.237 e. The SMILES string of the molecule is Cc1cc(N=CC2C(=O)Nc3ccc(F)cc32)ccc1N1CCC2CCCC=C2C1. The van der Waals surface area contributed by atoms with Crippen LogP contribution in [0.1, 0.15) is 42.7 Å². The molecule has 1 N–H and O–H groups in total. The quantitative estimate of drug-likeness (QED) is 0.543. The topological polar surface area (TPSA) is 44.7 Å². The lowest BCUT2D eigenvalue weighted by atomic mass is 9.82. The number of carbonyl (C=O) groups excluding carboxylic acids is 1. The number of allylic oxidation sites excluding steroid dienone is 1. The zero-order valence-corrected chi connectivity index (χ0v) is 17.2. The van der Waals surface area contributed by atoms with Crippen LogP contribution in [0.2, 0.25) is 0 Å². The van der Waals surface area contributed by atoms with E-state index in [-0.39, 0.29) is 11.7 Å². The predicted octanol–water partition coefficient (Wildman–Crippen LogP) is 5.51. The van der Waals surface area contributed by atoms with Crippen molar-refractivity contribution in [1.82, 2.24) is 0 Å². The van der Waals surface area contributed by atoms with Gasteiger partial charge in [0.1, 0.15) is 11.7 Å². The second kappa shape index (κ2) is 7.71. The van der Waals surface area contributed by atoms with Crippen molar-refractivity contribution >= 4 is 29.2 Å². The van der Waals surface area contributed by atoms with Crippen LogP contribution in [0.3, 0.4) is 0 Å². The van der Waals surface area contributed by atoms with Gasteiger partial charge in [-0.2, -0.15) is 0 Å². The van der Waals surface area contributed by atoms with Crippen LogP contribution in [0.15, 0.2) is 53.0 Å². The maximum absolute atomic E-state index is 13.6. The first-order valence-electron chi connectivity index (χ1n) is 10.8. The largest absolute Gasteiger partial charge is 0.367 e. The first kappa shape index (κ1) is 19.0. The van der Waals surface area contributed by atoms with Gasteiger partial charge in [-0.25, -0.2) is 4.39 Å². The molecule has 3 aliphatic rings. The molecule has 0 spiro atoms. The summed E-state index contributed by atoms with van der Waals surface area (Å²) in [5.74, 6) is -0.297. The number of hydrogen-bond acceptors (Lipinski definition) is 3. The monoisotopic (exact) mass is 403 g/mol. The van der Waals surface area contributed by atoms with Crippen molar-refractivity contribution in [1.29, 1.82) is 0 Å². The molecule has 2 aliphatic heterocycles. The average Bonchev–Trinajstić information content (AvgIpc) is 3.06. The molecule has 1 saturated heterocycles. The van der Waals surface area contributed by atoms with Crippen molar-refractivity contribution in [2.45, 2.75) is 38.5 Å². The van der Waals surface area contributed by atoms with Crippen LogP contribution in [0, 0.1) is 18.7 Å². The van der Waals surface area contributed by atoms with E-state index in [0.717, 1.165) is 24.7 Å². The summed E-state index contributed by atoms with van der Waals surface area (Å²) < 4.78 is 13.6. The Hall–Kier alpha value is -2.95. The number of piperidine rings is 1. The van der Waals surface area contributed by atoms with Gasteiger partial charge in [-0.3, -0.25) is 9.79 Å². The zero-order chi connectivity index (χ0) is 20.7. The Morgan fingerprint density at radius 2 is 2.10 bits per heavy atom. The van der Waals surface area contributed by atoms with E-state index in [1.165, 1.54) is 49.1 Å². The lowest BCUT2D eigenvalue weighted by Gasteiger charge is -2.38. The molecule has 1 fully saturated rings. The molecule has 154 valence electrons. The van der Waals surface area contributed by atoms with E-state index in [9.17, 15) is 9.18 Å². The lowest BCUT2D eigenvalue weighted by molar-refractivity contribution is -0.115. The molecule has 1 aliphatic carbocycles. The van der Waals surface area contributed by atoms with Crippen LogP contribution in [-0.2, 0) is 4.79 Å². The summed E-state index contributed by atoms with van der Waals surface area (Å²) in [5.41, 5.74) is 6.14. The highest BCUT2D eigenvalue weighted by Crippen LogP contribution is 2.36. The Kier molecular flexibility index (Phi) is 4.89. The minimum atomic E-state index is -0.562. The van der Waals surface area contributed by atoms with Crippen molar-refractivity contribution in [3.05, 3.63) is 65.0 Å². The van der Waals surface area contributed by atoms with Crippen molar-refractivity contribution in [3.63, 3.8) is 0 Å². The minimum absolute atomic E-state index is 0.170. The van der Waals surface area contributed by atoms with Gasteiger partial charge in [-0.1, -0.05) is 11.6 Å². The second-order valence-electron chi connectivity index (χ2n) is 8.56. The fourth-order valence-electron chi connectivity index (χ4n) is 4.98. The summed E-state index contributed by atoms with van der Waals surface area (Å²) in [6.45, 7) is 4.23. The number of amides is 1. The van der Waals surface area contributed by atoms with E-state index in [1.54, 1.807) is 17.9 Å². The molecule has 0 saturated carbocycles. The standard InChI is InChI=1S/C25H26FN3O/c1-16-12-20(27-14-22-21-13-19(26)6-8-23(21)28-25(22)30)7-9-24(16)29-11-10-17-4-2-3-5-18(17)15-29/h5-9,12-14,17,22H,2-4,10-11,15H2,1H3,(H,28,30). The van der Waals surface area contributed by atoms with Gasteiger partial charge >= 0.3 is 0 Å². The predicted molar refractivity (Wildman–Crippen MR) is 119 cm³/mol. The van der Waals surface area contributed by atoms with E-state index in [4.69, 9.17) is 0 Å². The molecule has 5 rings (SSSR count). The molecule has 2 aromatic rings. The van der Waals surface area contributed by atoms with Gasteiger partial charge in [0.25, 0.3) is 0 Å². The highest BCUT2D eigenvalue weighted by Gasteiger charge is 2.29. The molecular formula is C25H26FN3O. The molecule has 2 heterocycles. The molecular weight excluding hydrogens is 377 g/mol. The fraction of sp³-hybridized carbons (Fsp3) is 0.360. The fourth-order valence-corrected chi connectivity index (χ4v) is 4.98. The van der Waals surface area contributed by atoms with Gasteiger partial charge in [0.05, 0.1) is 5.69 Å². The van der Waals surface area contributed by atoms with E-state index in [0.29, 0.717) is 11.3 Å². The number of aliphatic imine (C=N–C) groups is 1. The van der Waals surface area contributed by atoms with Gasteiger partial charge in [0, 0.05) is 30.7 Å². The number of benzene rings is 2. The highest BCUT2D eigenvalue weighted by molar-refractivity contribution is 6.12. The van der Waals surface area contributed by atoms with Gasteiger partial charge in [0.15, 0.2) is 0 Å². The van der Waals surface area contributed by atoms with Crippen LogP contribution in [0.4, 0.5) is 21.5 Å². The van der Waals surface area contributed by atoms with Gasteiger partial charge in [-0.15, -0.1) is 0 Å². The molecule has 0 bridgehead atoms. The van der Waals surface area contributed by atoms with E-state index in [1.807, 2.05) is 6.07 Å². The number of carbonyl (C=O) groups is 1. The number of halogens is 1. The Morgan fingerprint density at radius 1 is 1.20 bits per heavy atom. The lowest BCUT2D eigenvalue weighted by Crippen LogP contribution is -2.36. The summed E-state index contributed by atoms with van der Waals surface area (Å²) in [7, 11) is 0. The van der Waals surface area contributed by atoms with Gasteiger partial charge in [-0.05, 0) is 86.1 Å². The van der Waals surface area contributed by atoms with Crippen LogP contribution >= 0.6 is 0 Å². The molecule has 30 heavy (non-hydrogen) atoms. The zero-order valence-electron chi connectivity index (χ0n) is 17.2. The van der Waals surface area contributed by atoms with Gasteiger partial charge < -0.3 is 10.2 Å². The third kappa shape index (κ3) is 3.53. The van der Waals surface area contributed by atoms with E-state index in [2.05, 4.69) is 40.3 Å². The minimum Gasteiger partial charge on any atom is -0.367 e. The van der Waals surface area contributed by atoms with Crippen LogP contribution < -0.4 is 10.2 Å². The first-order chi connectivity index (χ1) is 14.6. The number of anilines is 2. The number of rotatable bonds is 3. The molecule has 5 heteroatoms. The average molecular weight is 404 g/mol. The summed E-state index contributed by atoms with van der Waals surface area (Å²) in [6, 6.07) is 10.6. The number of aryl methyl sites for hydroxylation is 1. The number of nitrogens with zero attached hydrogens (tertiary/aromatic N) is 2. The highest BCUT2D eigenvalue weighted by atomic mass is 19.1. The Morgan fingerprint density at radius 3 is 2.97 bits per heavy atom. The molecule has 4 nitrogen and oxygen atoms in total. The molecule has 0 aromatic heterocycles. The third-order valence-corrected chi connectivity index (χ3v) is 6.59. The van der Waals surface area contributed by atoms with Gasteiger partial charge in [0.2, 0.25) is 5.91 Å². The normalized spacial score (nSPS) is 23.2. The second-order valence-corrected chi connectivity index (χ2v) is 8.56. The summed E-state index contributed by atoms with van der Waals surface area (Å²) in [4.78, 5) is 19.3. The Balaban J connectivity index is 1.34. The smallest absolute Gasteiger partial charge is 0.237 e. The molecule has 2 unspecified atom stereocenters. The first-order valence-corrected chi connectivity index (χ1v) is 10.8. The van der Waals surface area contributed by atoms with Crippen molar-refractivity contribution in [2.24, 2.45) is 10.9 Å². The molecule has 2 aromatic carbocycles. The number of nitrogens with one attached hydrogen (secondary N) is 1. The summed E-state index contributed by atoms with van der Waals surface area (Å²) in [5, 5.41) is 2.79. The maximum atomic E-state index is 13.6. The number of fused-ring (bicyclic) bond motifs is 2.